The number of piperazine rings is 1. The van der Waals surface area contributed by atoms with Crippen LogP contribution in [0.25, 0.3) is 0 Å². The molecule has 1 saturated heterocycles. The topological polar surface area (TPSA) is 110 Å². The first-order valence-corrected chi connectivity index (χ1v) is 10.3. The SMILES string of the molecule is Cc1noc(C)c1S(=O)(=O)N1CCN(C(=O)CC(N)c2ccccc2)CC1. The molecule has 2 heterocycles. The van der Waals surface area contributed by atoms with E-state index >= 15 is 0 Å². The number of sulfonamides is 1. The van der Waals surface area contributed by atoms with Gasteiger partial charge in [0, 0.05) is 38.6 Å². The lowest BCUT2D eigenvalue weighted by atomic mass is 10.0. The highest BCUT2D eigenvalue weighted by atomic mass is 32.2. The smallest absolute Gasteiger partial charge is 0.248 e. The van der Waals surface area contributed by atoms with Crippen molar-refractivity contribution in [1.29, 1.82) is 0 Å². The highest BCUT2D eigenvalue weighted by Crippen LogP contribution is 2.24. The van der Waals surface area contributed by atoms with Gasteiger partial charge in [-0.25, -0.2) is 8.42 Å². The number of aromatic nitrogens is 1. The number of carbonyl (C=O) groups excluding carboxylic acids is 1. The standard InChI is InChI=1S/C18H24N4O4S/c1-13-18(14(2)26-20-13)27(24,25)22-10-8-21(9-11-22)17(23)12-16(19)15-6-4-3-5-7-15/h3-7,16H,8-12,19H2,1-2H3. The van der Waals surface area contributed by atoms with E-state index in [0.717, 1.165) is 5.56 Å². The summed E-state index contributed by atoms with van der Waals surface area (Å²) in [5, 5.41) is 3.72. The van der Waals surface area contributed by atoms with Gasteiger partial charge < -0.3 is 15.2 Å². The Morgan fingerprint density at radius 1 is 1.19 bits per heavy atom. The van der Waals surface area contributed by atoms with Crippen molar-refractivity contribution in [1.82, 2.24) is 14.4 Å². The molecule has 0 radical (unpaired) electrons. The molecular weight excluding hydrogens is 368 g/mol. The minimum absolute atomic E-state index is 0.0688. The molecule has 1 aliphatic rings. The summed E-state index contributed by atoms with van der Waals surface area (Å²) in [6.07, 6.45) is 0.195. The third-order valence-corrected chi connectivity index (χ3v) is 6.92. The zero-order valence-electron chi connectivity index (χ0n) is 15.5. The fraction of sp³-hybridized carbons (Fsp3) is 0.444. The summed E-state index contributed by atoms with van der Waals surface area (Å²) in [7, 11) is -3.68. The van der Waals surface area contributed by atoms with Crippen LogP contribution >= 0.6 is 0 Å². The van der Waals surface area contributed by atoms with Gasteiger partial charge in [-0.15, -0.1) is 0 Å². The molecule has 1 atom stereocenters. The maximum Gasteiger partial charge on any atom is 0.248 e. The van der Waals surface area contributed by atoms with Crippen molar-refractivity contribution < 1.29 is 17.7 Å². The number of rotatable bonds is 5. The lowest BCUT2D eigenvalue weighted by molar-refractivity contribution is -0.132. The molecule has 0 saturated carbocycles. The van der Waals surface area contributed by atoms with E-state index in [1.807, 2.05) is 30.3 Å². The Bertz CT molecular complexity index is 883. The van der Waals surface area contributed by atoms with Gasteiger partial charge in [0.2, 0.25) is 15.9 Å². The van der Waals surface area contributed by atoms with E-state index in [4.69, 9.17) is 10.3 Å². The molecular formula is C18H24N4O4S. The molecule has 1 fully saturated rings. The molecule has 3 rings (SSSR count). The molecule has 27 heavy (non-hydrogen) atoms. The Labute approximate surface area is 159 Å². The van der Waals surface area contributed by atoms with E-state index < -0.39 is 10.0 Å². The summed E-state index contributed by atoms with van der Waals surface area (Å²) >= 11 is 0. The Balaban J connectivity index is 1.61. The van der Waals surface area contributed by atoms with E-state index in [1.165, 1.54) is 4.31 Å². The molecule has 1 aromatic carbocycles. The normalized spacial score (nSPS) is 17.1. The highest BCUT2D eigenvalue weighted by molar-refractivity contribution is 7.89. The number of carbonyl (C=O) groups is 1. The second-order valence-corrected chi connectivity index (χ2v) is 8.53. The first-order chi connectivity index (χ1) is 12.8. The van der Waals surface area contributed by atoms with E-state index in [-0.39, 0.29) is 42.1 Å². The third-order valence-electron chi connectivity index (χ3n) is 4.78. The summed E-state index contributed by atoms with van der Waals surface area (Å²) in [4.78, 5) is 14.3. The van der Waals surface area contributed by atoms with Crippen LogP contribution in [0.2, 0.25) is 0 Å². The Morgan fingerprint density at radius 3 is 2.37 bits per heavy atom. The van der Waals surface area contributed by atoms with Crippen molar-refractivity contribution in [2.24, 2.45) is 5.73 Å². The van der Waals surface area contributed by atoms with Crippen LogP contribution in [0.15, 0.2) is 39.8 Å². The first kappa shape index (κ1) is 19.5. The summed E-state index contributed by atoms with van der Waals surface area (Å²) in [6.45, 7) is 4.33. The minimum Gasteiger partial charge on any atom is -0.360 e. The molecule has 0 aliphatic carbocycles. The number of nitrogens with two attached hydrogens (primary N) is 1. The average Bonchev–Trinajstić information content (AvgIpc) is 3.01. The molecule has 1 unspecified atom stereocenters. The van der Waals surface area contributed by atoms with Gasteiger partial charge in [0.05, 0.1) is 0 Å². The van der Waals surface area contributed by atoms with Crippen LogP contribution in [0.3, 0.4) is 0 Å². The van der Waals surface area contributed by atoms with Gasteiger partial charge in [-0.3, -0.25) is 4.79 Å². The largest absolute Gasteiger partial charge is 0.360 e. The van der Waals surface area contributed by atoms with Gasteiger partial charge in [-0.1, -0.05) is 35.5 Å². The molecule has 2 aromatic rings. The van der Waals surface area contributed by atoms with Gasteiger partial charge >= 0.3 is 0 Å². The average molecular weight is 392 g/mol. The molecule has 0 spiro atoms. The summed E-state index contributed by atoms with van der Waals surface area (Å²) in [5.41, 5.74) is 7.38. The van der Waals surface area contributed by atoms with Crippen molar-refractivity contribution in [3.05, 3.63) is 47.3 Å². The molecule has 1 amide bonds. The summed E-state index contributed by atoms with van der Waals surface area (Å²) in [5.74, 6) is 0.209. The molecule has 9 heteroatoms. The van der Waals surface area contributed by atoms with Crippen molar-refractivity contribution >= 4 is 15.9 Å². The van der Waals surface area contributed by atoms with Gasteiger partial charge in [-0.2, -0.15) is 4.31 Å². The number of hydrogen-bond donors (Lipinski definition) is 1. The third kappa shape index (κ3) is 4.05. The summed E-state index contributed by atoms with van der Waals surface area (Å²) < 4.78 is 32.0. The Kier molecular flexibility index (Phi) is 5.64. The number of benzene rings is 1. The zero-order valence-corrected chi connectivity index (χ0v) is 16.3. The number of hydrogen-bond acceptors (Lipinski definition) is 6. The highest BCUT2D eigenvalue weighted by Gasteiger charge is 2.34. The molecule has 1 aliphatic heterocycles. The van der Waals surface area contributed by atoms with E-state index in [1.54, 1.807) is 18.7 Å². The molecule has 2 N–H and O–H groups in total. The van der Waals surface area contributed by atoms with Gasteiger partial charge in [0.1, 0.15) is 10.6 Å². The molecule has 146 valence electrons. The second kappa shape index (κ2) is 7.79. The van der Waals surface area contributed by atoms with Gasteiger partial charge in [0.25, 0.3) is 0 Å². The van der Waals surface area contributed by atoms with Crippen LogP contribution in [0, 0.1) is 13.8 Å². The summed E-state index contributed by atoms with van der Waals surface area (Å²) in [6, 6.07) is 9.09. The Hall–Kier alpha value is -2.23. The van der Waals surface area contributed by atoms with Crippen LogP contribution in [0.4, 0.5) is 0 Å². The maximum atomic E-state index is 12.8. The number of aryl methyl sites for hydroxylation is 2. The lowest BCUT2D eigenvalue weighted by Crippen LogP contribution is -2.51. The van der Waals surface area contributed by atoms with E-state index in [2.05, 4.69) is 5.16 Å². The van der Waals surface area contributed by atoms with Crippen LogP contribution < -0.4 is 5.73 Å². The van der Waals surface area contributed by atoms with Crippen LogP contribution in [-0.4, -0.2) is 54.9 Å². The van der Waals surface area contributed by atoms with Crippen molar-refractivity contribution in [2.45, 2.75) is 31.2 Å². The monoisotopic (exact) mass is 392 g/mol. The first-order valence-electron chi connectivity index (χ1n) is 8.82. The number of amides is 1. The molecule has 1 aromatic heterocycles. The fourth-order valence-electron chi connectivity index (χ4n) is 3.29. The number of nitrogens with zero attached hydrogens (tertiary/aromatic N) is 3. The van der Waals surface area contributed by atoms with Crippen LogP contribution in [-0.2, 0) is 14.8 Å². The molecule has 0 bridgehead atoms. The molecule has 8 nitrogen and oxygen atoms in total. The van der Waals surface area contributed by atoms with Crippen LogP contribution in [0.5, 0.6) is 0 Å². The predicted octanol–water partition coefficient (Wildman–Crippen LogP) is 1.21. The second-order valence-electron chi connectivity index (χ2n) is 6.66. The van der Waals surface area contributed by atoms with Crippen LogP contribution in [0.1, 0.15) is 29.5 Å². The predicted molar refractivity (Wildman–Crippen MR) is 99.3 cm³/mol. The van der Waals surface area contributed by atoms with Gasteiger partial charge in [-0.05, 0) is 19.4 Å². The van der Waals surface area contributed by atoms with E-state index in [0.29, 0.717) is 18.8 Å². The van der Waals surface area contributed by atoms with Crippen molar-refractivity contribution in [3.8, 4) is 0 Å². The maximum absolute atomic E-state index is 12.8. The van der Waals surface area contributed by atoms with Crippen molar-refractivity contribution in [2.75, 3.05) is 26.2 Å². The fourth-order valence-corrected chi connectivity index (χ4v) is 5.00. The van der Waals surface area contributed by atoms with Gasteiger partial charge in [0.15, 0.2) is 5.76 Å². The van der Waals surface area contributed by atoms with E-state index in [9.17, 15) is 13.2 Å². The zero-order chi connectivity index (χ0) is 19.6. The minimum atomic E-state index is -3.68. The quantitative estimate of drug-likeness (QED) is 0.819. The van der Waals surface area contributed by atoms with Crippen molar-refractivity contribution in [3.63, 3.8) is 0 Å². The Morgan fingerprint density at radius 2 is 1.81 bits per heavy atom. The lowest BCUT2D eigenvalue weighted by Gasteiger charge is -2.34.